The molecule has 0 amide bonds. The molecule has 2 bridgehead atoms. The molecule has 1 fully saturated rings. The summed E-state index contributed by atoms with van der Waals surface area (Å²) < 4.78 is 48.2. The molecule has 23 heavy (non-hydrogen) atoms. The summed E-state index contributed by atoms with van der Waals surface area (Å²) in [6, 6.07) is 1.55. The van der Waals surface area contributed by atoms with Crippen LogP contribution in [-0.2, 0) is 32.9 Å². The maximum atomic E-state index is 12.1. The number of fused-ring (bicyclic) bond motifs is 2. The van der Waals surface area contributed by atoms with Gasteiger partial charge in [-0.25, -0.2) is 27.1 Å². The Morgan fingerprint density at radius 2 is 1.57 bits per heavy atom. The first-order valence-corrected chi connectivity index (χ1v) is 10.8. The van der Waals surface area contributed by atoms with Gasteiger partial charge in [-0.05, 0) is 60.8 Å². The van der Waals surface area contributed by atoms with Crippen LogP contribution >= 0.6 is 0 Å². The Bertz CT molecular complexity index is 867. The Labute approximate surface area is 137 Å². The van der Waals surface area contributed by atoms with Gasteiger partial charge in [0.05, 0.1) is 9.79 Å². The van der Waals surface area contributed by atoms with E-state index in [4.69, 9.17) is 10.3 Å². The van der Waals surface area contributed by atoms with Gasteiger partial charge in [-0.1, -0.05) is 19.3 Å². The highest BCUT2D eigenvalue weighted by Gasteiger charge is 2.41. The predicted octanol–water partition coefficient (Wildman–Crippen LogP) is 1.34. The summed E-state index contributed by atoms with van der Waals surface area (Å²) in [6.07, 6.45) is 6.34. The number of hydrogen-bond donors (Lipinski definition) is 2. The lowest BCUT2D eigenvalue weighted by Gasteiger charge is -2.36. The third-order valence-corrected chi connectivity index (χ3v) is 7.42. The average molecular weight is 358 g/mol. The van der Waals surface area contributed by atoms with Crippen LogP contribution in [0.25, 0.3) is 0 Å². The number of rotatable bonds is 2. The SMILES string of the molecule is Cc1c2cc(S(N)(=O)=O)c(c1S(N)(=O)=O)CC1(CCCCC1)C2. The zero-order chi connectivity index (χ0) is 17.0. The van der Waals surface area contributed by atoms with E-state index in [-0.39, 0.29) is 20.8 Å². The summed E-state index contributed by atoms with van der Waals surface area (Å²) in [5, 5.41) is 10.7. The van der Waals surface area contributed by atoms with Crippen LogP contribution in [0.4, 0.5) is 0 Å². The van der Waals surface area contributed by atoms with Crippen LogP contribution in [0.2, 0.25) is 0 Å². The van der Waals surface area contributed by atoms with E-state index in [1.54, 1.807) is 13.0 Å². The Kier molecular flexibility index (Phi) is 3.87. The van der Waals surface area contributed by atoms with E-state index in [9.17, 15) is 16.8 Å². The van der Waals surface area contributed by atoms with Gasteiger partial charge in [0.2, 0.25) is 20.0 Å². The van der Waals surface area contributed by atoms with Crippen molar-refractivity contribution in [1.82, 2.24) is 0 Å². The smallest absolute Gasteiger partial charge is 0.225 e. The second-order valence-electron chi connectivity index (χ2n) is 6.97. The van der Waals surface area contributed by atoms with Crippen molar-refractivity contribution in [1.29, 1.82) is 0 Å². The highest BCUT2D eigenvalue weighted by Crippen LogP contribution is 2.48. The molecule has 8 heteroatoms. The zero-order valence-corrected chi connectivity index (χ0v) is 14.8. The van der Waals surface area contributed by atoms with Gasteiger partial charge >= 0.3 is 0 Å². The molecular weight excluding hydrogens is 336 g/mol. The van der Waals surface area contributed by atoms with E-state index in [1.165, 1.54) is 0 Å². The Hall–Kier alpha value is -0.960. The molecule has 1 spiro atoms. The normalized spacial score (nSPS) is 20.7. The molecule has 3 aliphatic rings. The van der Waals surface area contributed by atoms with Crippen LogP contribution < -0.4 is 10.3 Å². The molecule has 3 aliphatic carbocycles. The number of nitrogens with two attached hydrogens (primary N) is 2. The minimum Gasteiger partial charge on any atom is -0.225 e. The Morgan fingerprint density at radius 1 is 0.957 bits per heavy atom. The monoisotopic (exact) mass is 358 g/mol. The molecule has 0 unspecified atom stereocenters. The lowest BCUT2D eigenvalue weighted by atomic mass is 9.68. The van der Waals surface area contributed by atoms with E-state index < -0.39 is 20.0 Å². The molecule has 0 aliphatic heterocycles. The topological polar surface area (TPSA) is 120 Å². The lowest BCUT2D eigenvalue weighted by Crippen LogP contribution is -2.29. The maximum absolute atomic E-state index is 12.1. The zero-order valence-electron chi connectivity index (χ0n) is 13.1. The molecule has 1 aromatic carbocycles. The summed E-state index contributed by atoms with van der Waals surface area (Å²) >= 11 is 0. The summed E-state index contributed by atoms with van der Waals surface area (Å²) in [6.45, 7) is 1.70. The molecule has 0 atom stereocenters. The maximum Gasteiger partial charge on any atom is 0.238 e. The van der Waals surface area contributed by atoms with E-state index in [0.717, 1.165) is 37.7 Å². The number of hydrogen-bond acceptors (Lipinski definition) is 4. The minimum atomic E-state index is -4.02. The molecular formula is C15H22N2O4S2. The summed E-state index contributed by atoms with van der Waals surface area (Å²) in [4.78, 5) is -0.119. The molecule has 0 heterocycles. The van der Waals surface area contributed by atoms with Crippen LogP contribution in [0.5, 0.6) is 0 Å². The molecule has 1 aromatic rings. The first-order chi connectivity index (χ1) is 10.5. The molecule has 6 nitrogen and oxygen atoms in total. The van der Waals surface area contributed by atoms with Crippen molar-refractivity contribution in [3.05, 3.63) is 22.8 Å². The van der Waals surface area contributed by atoms with E-state index >= 15 is 0 Å². The first-order valence-electron chi connectivity index (χ1n) is 7.74. The molecule has 0 saturated heterocycles. The summed E-state index contributed by atoms with van der Waals surface area (Å²) in [5.41, 5.74) is 1.51. The molecule has 4 N–H and O–H groups in total. The van der Waals surface area contributed by atoms with Gasteiger partial charge in [0.25, 0.3) is 0 Å². The highest BCUT2D eigenvalue weighted by molar-refractivity contribution is 7.90. The van der Waals surface area contributed by atoms with Gasteiger partial charge in [0.15, 0.2) is 0 Å². The molecule has 0 radical (unpaired) electrons. The summed E-state index contributed by atoms with van der Waals surface area (Å²) in [5.74, 6) is 0. The van der Waals surface area contributed by atoms with Crippen molar-refractivity contribution in [3.63, 3.8) is 0 Å². The van der Waals surface area contributed by atoms with Gasteiger partial charge in [-0.2, -0.15) is 0 Å². The van der Waals surface area contributed by atoms with Gasteiger partial charge in [0, 0.05) is 0 Å². The second-order valence-corrected chi connectivity index (χ2v) is 10.00. The third-order valence-electron chi connectivity index (χ3n) is 5.32. The predicted molar refractivity (Wildman–Crippen MR) is 86.9 cm³/mol. The van der Waals surface area contributed by atoms with Gasteiger partial charge < -0.3 is 0 Å². The largest absolute Gasteiger partial charge is 0.238 e. The van der Waals surface area contributed by atoms with Crippen LogP contribution in [0.1, 0.15) is 48.8 Å². The van der Waals surface area contributed by atoms with Crippen LogP contribution in [-0.4, -0.2) is 16.8 Å². The van der Waals surface area contributed by atoms with Crippen LogP contribution in [0.15, 0.2) is 15.9 Å². The van der Waals surface area contributed by atoms with Crippen molar-refractivity contribution in [2.45, 2.75) is 61.7 Å². The fourth-order valence-corrected chi connectivity index (χ4v) is 6.30. The highest BCUT2D eigenvalue weighted by atomic mass is 32.2. The quantitative estimate of drug-likeness (QED) is 0.828. The van der Waals surface area contributed by atoms with Crippen molar-refractivity contribution in [3.8, 4) is 0 Å². The Morgan fingerprint density at radius 3 is 2.09 bits per heavy atom. The first kappa shape index (κ1) is 16.9. The number of benzene rings is 1. The lowest BCUT2D eigenvalue weighted by molar-refractivity contribution is 0.187. The number of primary sulfonamides is 2. The standard InChI is InChI=1S/C15H22N2O4S2/c1-10-11-7-13(22(16,18)19)12(14(10)23(17,20)21)9-15(8-11)5-3-2-4-6-15/h7H,2-6,8-9H2,1H3,(H2,16,18,19)(H2,17,20,21). The molecule has 1 saturated carbocycles. The van der Waals surface area contributed by atoms with E-state index in [0.29, 0.717) is 18.4 Å². The van der Waals surface area contributed by atoms with Crippen LogP contribution in [0, 0.1) is 12.3 Å². The minimum absolute atomic E-state index is 0.0403. The van der Waals surface area contributed by atoms with Gasteiger partial charge in [-0.15, -0.1) is 0 Å². The number of sulfonamides is 2. The van der Waals surface area contributed by atoms with Crippen LogP contribution in [0.3, 0.4) is 0 Å². The summed E-state index contributed by atoms with van der Waals surface area (Å²) in [7, 11) is -8.02. The van der Waals surface area contributed by atoms with Gasteiger partial charge in [-0.3, -0.25) is 0 Å². The van der Waals surface area contributed by atoms with Crippen molar-refractivity contribution in [2.75, 3.05) is 0 Å². The fourth-order valence-electron chi connectivity index (χ4n) is 4.32. The van der Waals surface area contributed by atoms with Gasteiger partial charge in [0.1, 0.15) is 0 Å². The fraction of sp³-hybridized carbons (Fsp3) is 0.600. The molecule has 0 aromatic heterocycles. The Balaban J connectivity index is 2.33. The van der Waals surface area contributed by atoms with E-state index in [1.807, 2.05) is 0 Å². The molecule has 4 rings (SSSR count). The van der Waals surface area contributed by atoms with Crippen molar-refractivity contribution in [2.24, 2.45) is 15.7 Å². The van der Waals surface area contributed by atoms with Crippen molar-refractivity contribution >= 4 is 20.0 Å². The second kappa shape index (κ2) is 5.27. The average Bonchev–Trinajstić information content (AvgIpc) is 2.61. The van der Waals surface area contributed by atoms with Crippen molar-refractivity contribution < 1.29 is 16.8 Å². The molecule has 128 valence electrons. The third kappa shape index (κ3) is 2.93. The van der Waals surface area contributed by atoms with E-state index in [2.05, 4.69) is 0 Å².